The van der Waals surface area contributed by atoms with Crippen molar-refractivity contribution in [3.8, 4) is 0 Å². The van der Waals surface area contributed by atoms with E-state index in [4.69, 9.17) is 0 Å². The highest BCUT2D eigenvalue weighted by molar-refractivity contribution is 9.10. The number of aromatic nitrogens is 2. The Labute approximate surface area is 120 Å². The van der Waals surface area contributed by atoms with Crippen LogP contribution in [0.25, 0.3) is 0 Å². The number of hydrogen-bond donors (Lipinski definition) is 0. The van der Waals surface area contributed by atoms with E-state index in [1.807, 2.05) is 43.1 Å². The Balaban J connectivity index is 2.28. The van der Waals surface area contributed by atoms with Gasteiger partial charge >= 0.3 is 0 Å². The first-order valence-electron chi connectivity index (χ1n) is 6.13. The van der Waals surface area contributed by atoms with Gasteiger partial charge in [0.25, 0.3) is 5.56 Å². The van der Waals surface area contributed by atoms with E-state index in [1.165, 1.54) is 4.68 Å². The minimum Gasteiger partial charge on any atom is -0.373 e. The van der Waals surface area contributed by atoms with E-state index in [9.17, 15) is 4.79 Å². The number of rotatable bonds is 4. The predicted molar refractivity (Wildman–Crippen MR) is 80.7 cm³/mol. The fraction of sp³-hybridized carbons (Fsp3) is 0.286. The Bertz CT molecular complexity index is 624. The Hall–Kier alpha value is -1.62. The van der Waals surface area contributed by atoms with Gasteiger partial charge in [-0.25, -0.2) is 4.68 Å². The summed E-state index contributed by atoms with van der Waals surface area (Å²) in [6.45, 7) is 3.35. The van der Waals surface area contributed by atoms with Gasteiger partial charge in [0.2, 0.25) is 0 Å². The van der Waals surface area contributed by atoms with Crippen LogP contribution in [-0.4, -0.2) is 23.4 Å². The maximum absolute atomic E-state index is 12.0. The quantitative estimate of drug-likeness (QED) is 0.868. The second kappa shape index (κ2) is 6.02. The highest BCUT2D eigenvalue weighted by Crippen LogP contribution is 2.16. The molecule has 0 bridgehead atoms. The summed E-state index contributed by atoms with van der Waals surface area (Å²) in [7, 11) is 1.94. The topological polar surface area (TPSA) is 38.1 Å². The summed E-state index contributed by atoms with van der Waals surface area (Å²) < 4.78 is 2.45. The maximum Gasteiger partial charge on any atom is 0.269 e. The molecule has 0 saturated heterocycles. The van der Waals surface area contributed by atoms with Gasteiger partial charge in [-0.05, 0) is 18.6 Å². The summed E-state index contributed by atoms with van der Waals surface area (Å²) in [6.07, 6.45) is 1.72. The Kier molecular flexibility index (Phi) is 4.37. The van der Waals surface area contributed by atoms with Gasteiger partial charge in [0.05, 0.1) is 18.4 Å². The molecule has 0 radical (unpaired) electrons. The van der Waals surface area contributed by atoms with Crippen LogP contribution in [0.1, 0.15) is 12.5 Å². The molecule has 0 N–H and O–H groups in total. The van der Waals surface area contributed by atoms with Crippen LogP contribution in [0, 0.1) is 0 Å². The van der Waals surface area contributed by atoms with Crippen molar-refractivity contribution in [1.82, 2.24) is 9.78 Å². The Morgan fingerprint density at radius 3 is 2.74 bits per heavy atom. The molecular formula is C14H16BrN3O. The van der Waals surface area contributed by atoms with Crippen molar-refractivity contribution in [3.05, 3.63) is 56.9 Å². The molecule has 2 rings (SSSR count). The third-order valence-electron chi connectivity index (χ3n) is 3.05. The van der Waals surface area contributed by atoms with Crippen molar-refractivity contribution in [1.29, 1.82) is 0 Å². The average Bonchev–Trinajstić information content (AvgIpc) is 2.42. The smallest absolute Gasteiger partial charge is 0.269 e. The van der Waals surface area contributed by atoms with E-state index < -0.39 is 0 Å². The Morgan fingerprint density at radius 2 is 2.11 bits per heavy atom. The monoisotopic (exact) mass is 321 g/mol. The van der Waals surface area contributed by atoms with E-state index in [-0.39, 0.29) is 5.56 Å². The fourth-order valence-corrected chi connectivity index (χ4v) is 2.13. The maximum atomic E-state index is 12.0. The molecule has 1 heterocycles. The lowest BCUT2D eigenvalue weighted by Crippen LogP contribution is -2.26. The van der Waals surface area contributed by atoms with E-state index in [0.717, 1.165) is 22.3 Å². The van der Waals surface area contributed by atoms with Crippen LogP contribution in [0.5, 0.6) is 0 Å². The van der Waals surface area contributed by atoms with Crippen molar-refractivity contribution in [2.75, 3.05) is 18.5 Å². The van der Waals surface area contributed by atoms with Crippen LogP contribution >= 0.6 is 15.9 Å². The van der Waals surface area contributed by atoms with Gasteiger partial charge in [0, 0.05) is 24.1 Å². The molecule has 0 saturated carbocycles. The summed E-state index contributed by atoms with van der Waals surface area (Å²) >= 11 is 3.48. The van der Waals surface area contributed by atoms with Crippen LogP contribution in [0.3, 0.4) is 0 Å². The average molecular weight is 322 g/mol. The lowest BCUT2D eigenvalue weighted by molar-refractivity contribution is 0.636. The molecule has 0 aliphatic heterocycles. The first-order valence-corrected chi connectivity index (χ1v) is 6.93. The number of hydrogen-bond acceptors (Lipinski definition) is 3. The Morgan fingerprint density at radius 1 is 1.37 bits per heavy atom. The fourth-order valence-electron chi connectivity index (χ4n) is 1.72. The molecule has 1 aromatic carbocycles. The number of anilines is 1. The summed E-state index contributed by atoms with van der Waals surface area (Å²) in [4.78, 5) is 14.0. The van der Waals surface area contributed by atoms with Crippen molar-refractivity contribution in [3.63, 3.8) is 0 Å². The second-order valence-electron chi connectivity index (χ2n) is 4.32. The van der Waals surface area contributed by atoms with Crippen molar-refractivity contribution in [2.45, 2.75) is 13.5 Å². The molecule has 2 aromatic rings. The van der Waals surface area contributed by atoms with E-state index in [2.05, 4.69) is 21.0 Å². The van der Waals surface area contributed by atoms with Gasteiger partial charge in [-0.1, -0.05) is 34.1 Å². The van der Waals surface area contributed by atoms with Crippen molar-refractivity contribution < 1.29 is 0 Å². The van der Waals surface area contributed by atoms with Gasteiger partial charge in [0.1, 0.15) is 0 Å². The first kappa shape index (κ1) is 13.8. The second-order valence-corrected chi connectivity index (χ2v) is 5.17. The number of benzene rings is 1. The third-order valence-corrected chi connectivity index (χ3v) is 3.82. The highest BCUT2D eigenvalue weighted by Gasteiger charge is 2.05. The molecule has 4 nitrogen and oxygen atoms in total. The van der Waals surface area contributed by atoms with Gasteiger partial charge in [-0.15, -0.1) is 0 Å². The van der Waals surface area contributed by atoms with E-state index in [1.54, 1.807) is 12.3 Å². The van der Waals surface area contributed by atoms with Crippen molar-refractivity contribution >= 4 is 21.6 Å². The molecule has 0 amide bonds. The van der Waals surface area contributed by atoms with Crippen LogP contribution in [0.15, 0.2) is 45.8 Å². The van der Waals surface area contributed by atoms with Crippen LogP contribution in [-0.2, 0) is 6.54 Å². The molecule has 0 unspecified atom stereocenters. The summed E-state index contributed by atoms with van der Waals surface area (Å²) in [5.41, 5.74) is 1.79. The normalized spacial score (nSPS) is 10.5. The molecular weight excluding hydrogens is 306 g/mol. The first-order chi connectivity index (χ1) is 9.11. The lowest BCUT2D eigenvalue weighted by atomic mass is 10.2. The van der Waals surface area contributed by atoms with E-state index in [0.29, 0.717) is 6.54 Å². The zero-order valence-corrected chi connectivity index (χ0v) is 12.6. The lowest BCUT2D eigenvalue weighted by Gasteiger charge is -2.16. The largest absolute Gasteiger partial charge is 0.373 e. The molecule has 0 spiro atoms. The van der Waals surface area contributed by atoms with Gasteiger partial charge in [-0.3, -0.25) is 4.79 Å². The number of nitrogens with zero attached hydrogens (tertiary/aromatic N) is 3. The number of halogens is 1. The van der Waals surface area contributed by atoms with Gasteiger partial charge in [0.15, 0.2) is 0 Å². The molecule has 19 heavy (non-hydrogen) atoms. The van der Waals surface area contributed by atoms with E-state index >= 15 is 0 Å². The van der Waals surface area contributed by atoms with Crippen LogP contribution in [0.2, 0.25) is 0 Å². The predicted octanol–water partition coefficient (Wildman–Crippen LogP) is 2.51. The standard InChI is InChI=1S/C14H16BrN3O/c1-3-17(2)12-8-14(19)18(16-9-12)10-11-6-4-5-7-13(11)15/h4-9H,3,10H2,1-2H3. The molecule has 0 aliphatic rings. The summed E-state index contributed by atoms with van der Waals surface area (Å²) in [5.74, 6) is 0. The molecule has 100 valence electrons. The van der Waals surface area contributed by atoms with Crippen LogP contribution in [0.4, 0.5) is 5.69 Å². The van der Waals surface area contributed by atoms with Gasteiger partial charge in [-0.2, -0.15) is 5.10 Å². The SMILES string of the molecule is CCN(C)c1cnn(Cc2ccccc2Br)c(=O)c1. The zero-order valence-electron chi connectivity index (χ0n) is 11.0. The van der Waals surface area contributed by atoms with Crippen LogP contribution < -0.4 is 10.5 Å². The van der Waals surface area contributed by atoms with Crippen molar-refractivity contribution in [2.24, 2.45) is 0 Å². The molecule has 1 aromatic heterocycles. The third kappa shape index (κ3) is 3.23. The minimum absolute atomic E-state index is 0.0893. The molecule has 0 aliphatic carbocycles. The minimum atomic E-state index is -0.0893. The summed E-state index contributed by atoms with van der Waals surface area (Å²) in [5, 5.41) is 4.23. The molecule has 0 fully saturated rings. The highest BCUT2D eigenvalue weighted by atomic mass is 79.9. The van der Waals surface area contributed by atoms with Gasteiger partial charge < -0.3 is 4.90 Å². The molecule has 5 heteroatoms. The molecule has 0 atom stereocenters. The zero-order chi connectivity index (χ0) is 13.8. The summed E-state index contributed by atoms with van der Waals surface area (Å²) in [6, 6.07) is 9.45.